The van der Waals surface area contributed by atoms with Crippen LogP contribution in [-0.4, -0.2) is 29.6 Å². The van der Waals surface area contributed by atoms with Crippen LogP contribution in [0.5, 0.6) is 0 Å². The standard InChI is InChI=1S/C23H38O4/c1-15-17-8-6-11-23(13-17,20(15)26)19(25)12-18-21(3,4)9-7-10-22(18,5)14-27-16(2)24/h15,17-19,25H,6-14H2,1-5H3/t15-,17-,18+,19-,22-,23+/m1/s1. The smallest absolute Gasteiger partial charge is 0.302 e. The van der Waals surface area contributed by atoms with Crippen LogP contribution in [0.2, 0.25) is 0 Å². The molecule has 3 saturated carbocycles. The van der Waals surface area contributed by atoms with Crippen LogP contribution in [0, 0.1) is 34.0 Å². The lowest BCUT2D eigenvalue weighted by molar-refractivity contribution is -0.152. The van der Waals surface area contributed by atoms with Crippen molar-refractivity contribution in [2.45, 2.75) is 92.1 Å². The average Bonchev–Trinajstić information content (AvgIpc) is 2.77. The van der Waals surface area contributed by atoms with Gasteiger partial charge in [-0.15, -0.1) is 0 Å². The van der Waals surface area contributed by atoms with E-state index in [0.29, 0.717) is 24.7 Å². The summed E-state index contributed by atoms with van der Waals surface area (Å²) < 4.78 is 5.45. The number of hydrogen-bond acceptors (Lipinski definition) is 4. The average molecular weight is 379 g/mol. The van der Waals surface area contributed by atoms with Gasteiger partial charge in [0.25, 0.3) is 0 Å². The Kier molecular flexibility index (Phi) is 5.53. The third kappa shape index (κ3) is 3.59. The molecule has 4 nitrogen and oxygen atoms in total. The minimum Gasteiger partial charge on any atom is -0.465 e. The van der Waals surface area contributed by atoms with Crippen molar-refractivity contribution in [3.05, 3.63) is 0 Å². The van der Waals surface area contributed by atoms with E-state index < -0.39 is 11.5 Å². The van der Waals surface area contributed by atoms with Crippen molar-refractivity contribution in [2.75, 3.05) is 6.61 Å². The van der Waals surface area contributed by atoms with Crippen molar-refractivity contribution >= 4 is 11.8 Å². The molecule has 0 aromatic carbocycles. The van der Waals surface area contributed by atoms with Crippen molar-refractivity contribution in [2.24, 2.45) is 34.0 Å². The van der Waals surface area contributed by atoms with Crippen molar-refractivity contribution in [3.63, 3.8) is 0 Å². The van der Waals surface area contributed by atoms with E-state index in [1.54, 1.807) is 0 Å². The Morgan fingerprint density at radius 1 is 1.22 bits per heavy atom. The Morgan fingerprint density at radius 3 is 2.59 bits per heavy atom. The lowest BCUT2D eigenvalue weighted by atomic mass is 9.54. The number of fused-ring (bicyclic) bond motifs is 2. The second-order valence-corrected chi connectivity index (χ2v) is 10.7. The van der Waals surface area contributed by atoms with Gasteiger partial charge in [-0.2, -0.15) is 0 Å². The molecule has 0 amide bonds. The molecule has 0 radical (unpaired) electrons. The van der Waals surface area contributed by atoms with Crippen LogP contribution in [0.25, 0.3) is 0 Å². The second-order valence-electron chi connectivity index (χ2n) is 10.7. The van der Waals surface area contributed by atoms with E-state index in [9.17, 15) is 14.7 Å². The molecule has 3 aliphatic carbocycles. The van der Waals surface area contributed by atoms with Crippen LogP contribution in [-0.2, 0) is 14.3 Å². The van der Waals surface area contributed by atoms with Gasteiger partial charge in [-0.25, -0.2) is 0 Å². The van der Waals surface area contributed by atoms with Gasteiger partial charge in [0, 0.05) is 18.3 Å². The molecule has 0 unspecified atom stereocenters. The van der Waals surface area contributed by atoms with E-state index in [1.165, 1.54) is 6.92 Å². The molecule has 0 heterocycles. The van der Waals surface area contributed by atoms with Gasteiger partial charge in [0.05, 0.1) is 18.1 Å². The molecule has 0 spiro atoms. The highest BCUT2D eigenvalue weighted by Crippen LogP contribution is 2.58. The molecule has 0 aromatic heterocycles. The molecular formula is C23H38O4. The zero-order chi connectivity index (χ0) is 20.0. The van der Waals surface area contributed by atoms with Gasteiger partial charge in [-0.05, 0) is 55.8 Å². The van der Waals surface area contributed by atoms with Crippen LogP contribution in [0.4, 0.5) is 0 Å². The predicted molar refractivity (Wildman–Crippen MR) is 105 cm³/mol. The number of hydrogen-bond donors (Lipinski definition) is 1. The molecule has 3 rings (SSSR count). The summed E-state index contributed by atoms with van der Waals surface area (Å²) in [4.78, 5) is 24.5. The van der Waals surface area contributed by atoms with Crippen LogP contribution in [0.1, 0.15) is 86.0 Å². The van der Waals surface area contributed by atoms with Crippen molar-refractivity contribution in [3.8, 4) is 0 Å². The lowest BCUT2D eigenvalue weighted by Gasteiger charge is -2.52. The quantitative estimate of drug-likeness (QED) is 0.714. The number of rotatable bonds is 5. The fourth-order valence-electron chi connectivity index (χ4n) is 6.87. The highest BCUT2D eigenvalue weighted by atomic mass is 16.5. The molecule has 6 atom stereocenters. The highest BCUT2D eigenvalue weighted by Gasteiger charge is 2.58. The van der Waals surface area contributed by atoms with Crippen LogP contribution < -0.4 is 0 Å². The molecule has 27 heavy (non-hydrogen) atoms. The van der Waals surface area contributed by atoms with Crippen LogP contribution >= 0.6 is 0 Å². The topological polar surface area (TPSA) is 63.6 Å². The summed E-state index contributed by atoms with van der Waals surface area (Å²) in [7, 11) is 0. The van der Waals surface area contributed by atoms with E-state index in [1.807, 2.05) is 0 Å². The molecular weight excluding hydrogens is 340 g/mol. The lowest BCUT2D eigenvalue weighted by Crippen LogP contribution is -2.50. The molecule has 0 aliphatic heterocycles. The van der Waals surface area contributed by atoms with Crippen molar-refractivity contribution in [1.29, 1.82) is 0 Å². The van der Waals surface area contributed by atoms with Crippen molar-refractivity contribution < 1.29 is 19.4 Å². The number of carbonyl (C=O) groups is 2. The summed E-state index contributed by atoms with van der Waals surface area (Å²) in [6.45, 7) is 10.7. The van der Waals surface area contributed by atoms with E-state index >= 15 is 0 Å². The fourth-order valence-corrected chi connectivity index (χ4v) is 6.87. The Labute approximate surface area is 164 Å². The minimum atomic E-state index is -0.586. The first-order chi connectivity index (χ1) is 12.5. The van der Waals surface area contributed by atoms with Gasteiger partial charge in [-0.3, -0.25) is 9.59 Å². The third-order valence-electron chi connectivity index (χ3n) is 8.49. The minimum absolute atomic E-state index is 0.0616. The maximum atomic E-state index is 13.1. The number of Topliss-reactive ketones (excluding diaryl/α,β-unsaturated/α-hetero) is 1. The molecule has 2 bridgehead atoms. The van der Waals surface area contributed by atoms with E-state index in [2.05, 4.69) is 27.7 Å². The molecule has 4 heteroatoms. The van der Waals surface area contributed by atoms with Crippen LogP contribution in [0.3, 0.4) is 0 Å². The second kappa shape index (κ2) is 7.17. The fraction of sp³-hybridized carbons (Fsp3) is 0.913. The Morgan fingerprint density at radius 2 is 1.93 bits per heavy atom. The predicted octanol–water partition coefficient (Wildman–Crippen LogP) is 4.53. The molecule has 1 N–H and O–H groups in total. The summed E-state index contributed by atoms with van der Waals surface area (Å²) >= 11 is 0. The largest absolute Gasteiger partial charge is 0.465 e. The normalized spacial score (nSPS) is 42.0. The number of ether oxygens (including phenoxy) is 1. The first kappa shape index (κ1) is 20.8. The van der Waals surface area contributed by atoms with Gasteiger partial charge in [0.1, 0.15) is 5.78 Å². The van der Waals surface area contributed by atoms with Gasteiger partial charge in [-0.1, -0.05) is 40.5 Å². The monoisotopic (exact) mass is 378 g/mol. The first-order valence-electron chi connectivity index (χ1n) is 10.9. The molecule has 0 aromatic rings. The molecule has 154 valence electrons. The summed E-state index contributed by atoms with van der Waals surface area (Å²) in [6, 6.07) is 0. The highest BCUT2D eigenvalue weighted by molar-refractivity contribution is 5.90. The van der Waals surface area contributed by atoms with E-state index in [4.69, 9.17) is 4.74 Å². The maximum Gasteiger partial charge on any atom is 0.302 e. The van der Waals surface area contributed by atoms with Crippen molar-refractivity contribution in [1.82, 2.24) is 0 Å². The Hall–Kier alpha value is -0.900. The SMILES string of the molecule is CC(=O)OC[C@@]1(C)CCCC(C)(C)[C@@H]1C[C@@H](O)[C@]12CCC[C@H](C1)[C@@H](C)C2=O. The Bertz CT molecular complexity index is 597. The number of carbonyl (C=O) groups excluding carboxylic acids is 2. The summed E-state index contributed by atoms with van der Waals surface area (Å²) in [5.41, 5.74) is -0.614. The zero-order valence-corrected chi connectivity index (χ0v) is 17.8. The molecule has 3 fully saturated rings. The summed E-state index contributed by atoms with van der Waals surface area (Å²) in [5, 5.41) is 11.4. The third-order valence-corrected chi connectivity index (χ3v) is 8.49. The first-order valence-corrected chi connectivity index (χ1v) is 10.9. The van der Waals surface area contributed by atoms with E-state index in [0.717, 1.165) is 44.9 Å². The van der Waals surface area contributed by atoms with E-state index in [-0.39, 0.29) is 28.6 Å². The van der Waals surface area contributed by atoms with Gasteiger partial charge in [0.15, 0.2) is 0 Å². The number of esters is 1. The van der Waals surface area contributed by atoms with Crippen LogP contribution in [0.15, 0.2) is 0 Å². The van der Waals surface area contributed by atoms with Gasteiger partial charge in [0.2, 0.25) is 0 Å². The summed E-state index contributed by atoms with van der Waals surface area (Å²) in [6.07, 6.45) is 7.15. The number of ketones is 1. The van der Waals surface area contributed by atoms with Gasteiger partial charge >= 0.3 is 5.97 Å². The molecule has 3 aliphatic rings. The molecule has 0 saturated heterocycles. The summed E-state index contributed by atoms with van der Waals surface area (Å²) in [5.74, 6) is 0.827. The zero-order valence-electron chi connectivity index (χ0n) is 17.8. The Balaban J connectivity index is 1.83. The maximum absolute atomic E-state index is 13.1. The number of aliphatic hydroxyl groups is 1. The van der Waals surface area contributed by atoms with Gasteiger partial charge < -0.3 is 9.84 Å². The number of aliphatic hydroxyl groups excluding tert-OH is 1.